The first-order valence-corrected chi connectivity index (χ1v) is 17.1. The molecule has 224 valence electrons. The molecule has 0 radical (unpaired) electrons. The molecule has 6 aliphatic rings. The largest absolute Gasteiger partial charge is 0.338 e. The summed E-state index contributed by atoms with van der Waals surface area (Å²) in [5.41, 5.74) is 10.6. The first kappa shape index (κ1) is 29.7. The molecular weight excluding hydrogens is 518 g/mol. The Morgan fingerprint density at radius 2 is 1.65 bits per heavy atom. The van der Waals surface area contributed by atoms with Crippen molar-refractivity contribution >= 4 is 0 Å². The van der Waals surface area contributed by atoms with Gasteiger partial charge in [-0.3, -0.25) is 0 Å². The minimum Gasteiger partial charge on any atom is -0.338 e. The van der Waals surface area contributed by atoms with Crippen molar-refractivity contribution in [3.05, 3.63) is 143 Å². The number of allylic oxidation sites excluding steroid dienone is 21. The molecule has 0 spiro atoms. The van der Waals surface area contributed by atoms with E-state index in [1.165, 1.54) is 61.9 Å². The van der Waals surface area contributed by atoms with Crippen molar-refractivity contribution in [2.24, 2.45) is 17.8 Å². The summed E-state index contributed by atoms with van der Waals surface area (Å²) in [6, 6.07) is 0.414. The van der Waals surface area contributed by atoms with Gasteiger partial charge in [0.15, 0.2) is 0 Å². The van der Waals surface area contributed by atoms with E-state index < -0.39 is 0 Å². The Morgan fingerprint density at radius 3 is 2.35 bits per heavy atom. The van der Waals surface area contributed by atoms with Crippen LogP contribution in [0.2, 0.25) is 0 Å². The van der Waals surface area contributed by atoms with Gasteiger partial charge in [0, 0.05) is 11.4 Å². The molecular formula is C42H51N. The van der Waals surface area contributed by atoms with E-state index in [0.29, 0.717) is 23.8 Å². The Balaban J connectivity index is 1.12. The summed E-state index contributed by atoms with van der Waals surface area (Å²) in [4.78, 5) is 2.62. The summed E-state index contributed by atoms with van der Waals surface area (Å²) < 4.78 is 0. The summed E-state index contributed by atoms with van der Waals surface area (Å²) >= 11 is 0. The number of nitrogens with zero attached hydrogens (tertiary/aromatic N) is 1. The van der Waals surface area contributed by atoms with E-state index in [2.05, 4.69) is 122 Å². The highest BCUT2D eigenvalue weighted by molar-refractivity contribution is 5.44. The van der Waals surface area contributed by atoms with Crippen molar-refractivity contribution in [1.82, 2.24) is 4.90 Å². The van der Waals surface area contributed by atoms with Crippen molar-refractivity contribution < 1.29 is 0 Å². The Hall–Kier alpha value is -3.32. The van der Waals surface area contributed by atoms with Gasteiger partial charge >= 0.3 is 0 Å². The van der Waals surface area contributed by atoms with E-state index in [4.69, 9.17) is 0 Å². The van der Waals surface area contributed by atoms with Crippen LogP contribution in [-0.4, -0.2) is 10.9 Å². The molecule has 0 aromatic rings. The van der Waals surface area contributed by atoms with Crippen LogP contribution in [0.4, 0.5) is 0 Å². The highest BCUT2D eigenvalue weighted by Gasteiger charge is 2.25. The van der Waals surface area contributed by atoms with Crippen LogP contribution in [0.5, 0.6) is 0 Å². The molecule has 1 heteroatoms. The fraction of sp³-hybridized carbons (Fsp3) is 0.429. The van der Waals surface area contributed by atoms with Crippen LogP contribution in [-0.2, 0) is 0 Å². The highest BCUT2D eigenvalue weighted by Crippen LogP contribution is 2.38. The molecule has 43 heavy (non-hydrogen) atoms. The highest BCUT2D eigenvalue weighted by atomic mass is 15.2. The molecule has 0 heterocycles. The van der Waals surface area contributed by atoms with E-state index in [1.807, 2.05) is 0 Å². The fourth-order valence-electron chi connectivity index (χ4n) is 7.69. The Kier molecular flexibility index (Phi) is 9.98. The van der Waals surface area contributed by atoms with E-state index in [-0.39, 0.29) is 0 Å². The van der Waals surface area contributed by atoms with Gasteiger partial charge in [-0.1, -0.05) is 109 Å². The first-order valence-electron chi connectivity index (χ1n) is 17.1. The van der Waals surface area contributed by atoms with Crippen LogP contribution in [0.15, 0.2) is 143 Å². The zero-order valence-corrected chi connectivity index (χ0v) is 26.6. The van der Waals surface area contributed by atoms with Crippen molar-refractivity contribution in [3.8, 4) is 0 Å². The van der Waals surface area contributed by atoms with Crippen molar-refractivity contribution in [2.75, 3.05) is 0 Å². The molecule has 0 N–H and O–H groups in total. The van der Waals surface area contributed by atoms with Gasteiger partial charge < -0.3 is 4.90 Å². The SMILES string of the molecule is CC1=CC(N(C2=CCCC=C2)C2=CC=C(C3=CC=C(CCC(CC4C=CC=CC4)C4=CC(C)CC=C4)CC3)CC2)CC=C1. The summed E-state index contributed by atoms with van der Waals surface area (Å²) in [7, 11) is 0. The standard InChI is InChI=1S/C42H51N/c1-32-11-9-15-38(29-32)39(31-35-13-5-3-6-14-35)24-21-34-19-22-36(23-20-34)37-25-27-41(28-26-37)43(40-16-7-4-8-17-40)42-18-10-12-33(2)30-42/h3,5-7,9-10,12-13,15-17,19,22,25,27,29-30,32,35,39,42H,4,8,11,14,18,20-21,23-24,26,28,31H2,1-2H3. The summed E-state index contributed by atoms with van der Waals surface area (Å²) in [6.07, 6.45) is 54.8. The lowest BCUT2D eigenvalue weighted by molar-refractivity contribution is 0.354. The summed E-state index contributed by atoms with van der Waals surface area (Å²) in [5, 5.41) is 0. The topological polar surface area (TPSA) is 3.24 Å². The van der Waals surface area contributed by atoms with E-state index in [1.54, 1.807) is 22.3 Å². The maximum Gasteiger partial charge on any atom is 0.0559 e. The minimum atomic E-state index is 0.414. The maximum absolute atomic E-state index is 2.62. The molecule has 4 atom stereocenters. The van der Waals surface area contributed by atoms with E-state index in [9.17, 15) is 0 Å². The average Bonchev–Trinajstić information content (AvgIpc) is 3.05. The van der Waals surface area contributed by atoms with Gasteiger partial charge in [-0.25, -0.2) is 0 Å². The molecule has 0 saturated heterocycles. The van der Waals surface area contributed by atoms with Crippen molar-refractivity contribution in [1.29, 1.82) is 0 Å². The Labute approximate surface area is 261 Å². The van der Waals surface area contributed by atoms with Crippen molar-refractivity contribution in [2.45, 2.75) is 96.9 Å². The van der Waals surface area contributed by atoms with E-state index in [0.717, 1.165) is 32.1 Å². The second-order valence-corrected chi connectivity index (χ2v) is 13.5. The number of rotatable bonds is 10. The van der Waals surface area contributed by atoms with Gasteiger partial charge in [-0.15, -0.1) is 0 Å². The lowest BCUT2D eigenvalue weighted by Crippen LogP contribution is -2.33. The zero-order valence-electron chi connectivity index (χ0n) is 26.6. The molecule has 0 bridgehead atoms. The second-order valence-electron chi connectivity index (χ2n) is 13.5. The molecule has 4 unspecified atom stereocenters. The van der Waals surface area contributed by atoms with Crippen LogP contribution in [0, 0.1) is 17.8 Å². The normalized spacial score (nSPS) is 27.4. The van der Waals surface area contributed by atoms with Gasteiger partial charge in [0.1, 0.15) is 0 Å². The number of hydrogen-bond donors (Lipinski definition) is 0. The molecule has 0 amide bonds. The van der Waals surface area contributed by atoms with Gasteiger partial charge in [-0.05, 0) is 131 Å². The Morgan fingerprint density at radius 1 is 0.791 bits per heavy atom. The molecule has 0 aliphatic heterocycles. The van der Waals surface area contributed by atoms with Gasteiger partial charge in [0.25, 0.3) is 0 Å². The minimum absolute atomic E-state index is 0.414. The van der Waals surface area contributed by atoms with Crippen LogP contribution >= 0.6 is 0 Å². The first-order chi connectivity index (χ1) is 21.1. The smallest absolute Gasteiger partial charge is 0.0559 e. The molecule has 6 aliphatic carbocycles. The second kappa shape index (κ2) is 14.4. The Bertz CT molecular complexity index is 1400. The fourth-order valence-corrected chi connectivity index (χ4v) is 7.69. The van der Waals surface area contributed by atoms with Crippen LogP contribution < -0.4 is 0 Å². The van der Waals surface area contributed by atoms with Gasteiger partial charge in [0.2, 0.25) is 0 Å². The monoisotopic (exact) mass is 569 g/mol. The quantitative estimate of drug-likeness (QED) is 0.253. The third-order valence-corrected chi connectivity index (χ3v) is 10.1. The summed E-state index contributed by atoms with van der Waals surface area (Å²) in [5.74, 6) is 2.01. The summed E-state index contributed by atoms with van der Waals surface area (Å²) in [6.45, 7) is 4.60. The van der Waals surface area contributed by atoms with Crippen molar-refractivity contribution in [3.63, 3.8) is 0 Å². The third-order valence-electron chi connectivity index (χ3n) is 10.1. The van der Waals surface area contributed by atoms with Crippen LogP contribution in [0.25, 0.3) is 0 Å². The number of hydrogen-bond acceptors (Lipinski definition) is 1. The molecule has 0 fully saturated rings. The lowest BCUT2D eigenvalue weighted by Gasteiger charge is -2.37. The van der Waals surface area contributed by atoms with Gasteiger partial charge in [0.05, 0.1) is 6.04 Å². The molecule has 0 saturated carbocycles. The van der Waals surface area contributed by atoms with E-state index >= 15 is 0 Å². The molecule has 0 aromatic carbocycles. The van der Waals surface area contributed by atoms with Gasteiger partial charge in [-0.2, -0.15) is 0 Å². The molecule has 6 rings (SSSR count). The predicted molar refractivity (Wildman–Crippen MR) is 185 cm³/mol. The van der Waals surface area contributed by atoms with Crippen LogP contribution in [0.3, 0.4) is 0 Å². The predicted octanol–water partition coefficient (Wildman–Crippen LogP) is 11.5. The lowest BCUT2D eigenvalue weighted by atomic mass is 9.78. The zero-order chi connectivity index (χ0) is 29.4. The average molecular weight is 570 g/mol. The maximum atomic E-state index is 2.62. The van der Waals surface area contributed by atoms with Crippen LogP contribution in [0.1, 0.15) is 90.9 Å². The molecule has 0 aromatic heterocycles. The third kappa shape index (κ3) is 7.80. The molecule has 1 nitrogen and oxygen atoms in total.